The van der Waals surface area contributed by atoms with E-state index in [1.165, 1.54) is 24.8 Å². The van der Waals surface area contributed by atoms with Crippen molar-refractivity contribution in [3.63, 3.8) is 0 Å². The van der Waals surface area contributed by atoms with E-state index >= 15 is 0 Å². The third kappa shape index (κ3) is 3.16. The summed E-state index contributed by atoms with van der Waals surface area (Å²) in [5, 5.41) is 19.1. The minimum atomic E-state index is -0.310. The zero-order chi connectivity index (χ0) is 17.4. The van der Waals surface area contributed by atoms with E-state index in [0.717, 1.165) is 23.8 Å². The molecule has 6 heteroatoms. The molecule has 0 bridgehead atoms. The summed E-state index contributed by atoms with van der Waals surface area (Å²) in [6.45, 7) is 1.36. The van der Waals surface area contributed by atoms with Crippen LogP contribution in [0.25, 0.3) is 0 Å². The van der Waals surface area contributed by atoms with Crippen molar-refractivity contribution in [3.05, 3.63) is 41.5 Å². The molecular weight excluding hydrogens is 316 g/mol. The molecule has 2 atom stereocenters. The number of β-amino-alcohol motifs (C(OH)–C–C–N with tert-alkyl or cyclic N) is 1. The highest BCUT2D eigenvalue weighted by Crippen LogP contribution is 2.37. The molecule has 1 aliphatic carbocycles. The summed E-state index contributed by atoms with van der Waals surface area (Å²) in [4.78, 5) is 2.30. The minimum Gasteiger partial charge on any atom is -0.497 e. The van der Waals surface area contributed by atoms with Gasteiger partial charge in [0.2, 0.25) is 0 Å². The Balaban J connectivity index is 1.55. The molecule has 0 amide bonds. The van der Waals surface area contributed by atoms with E-state index in [4.69, 9.17) is 4.74 Å². The number of aliphatic hydroxyl groups is 1. The molecule has 1 aromatic heterocycles. The van der Waals surface area contributed by atoms with Crippen LogP contribution in [0.4, 0.5) is 0 Å². The van der Waals surface area contributed by atoms with Gasteiger partial charge in [-0.2, -0.15) is 0 Å². The monoisotopic (exact) mass is 342 g/mol. The molecule has 4 rings (SSSR count). The Labute approximate surface area is 148 Å². The van der Waals surface area contributed by atoms with E-state index < -0.39 is 0 Å². The van der Waals surface area contributed by atoms with Crippen molar-refractivity contribution in [2.24, 2.45) is 7.05 Å². The fourth-order valence-corrected chi connectivity index (χ4v) is 3.97. The molecule has 1 aromatic carbocycles. The van der Waals surface area contributed by atoms with Gasteiger partial charge < -0.3 is 14.4 Å². The van der Waals surface area contributed by atoms with Gasteiger partial charge in [-0.15, -0.1) is 10.2 Å². The van der Waals surface area contributed by atoms with E-state index in [1.54, 1.807) is 7.11 Å². The van der Waals surface area contributed by atoms with Gasteiger partial charge in [-0.3, -0.25) is 4.90 Å². The molecule has 2 fully saturated rings. The number of nitrogens with zero attached hydrogens (tertiary/aromatic N) is 4. The van der Waals surface area contributed by atoms with Gasteiger partial charge in [0.15, 0.2) is 0 Å². The molecule has 1 N–H and O–H groups in total. The van der Waals surface area contributed by atoms with Crippen LogP contribution in [0.2, 0.25) is 0 Å². The molecular formula is C19H26N4O2. The van der Waals surface area contributed by atoms with Crippen molar-refractivity contribution in [3.8, 4) is 5.75 Å². The van der Waals surface area contributed by atoms with Gasteiger partial charge in [0.05, 0.1) is 19.8 Å². The van der Waals surface area contributed by atoms with Crippen molar-refractivity contribution in [2.75, 3.05) is 13.7 Å². The number of hydrogen-bond acceptors (Lipinski definition) is 5. The van der Waals surface area contributed by atoms with Crippen LogP contribution in [-0.2, 0) is 13.6 Å². The average Bonchev–Trinajstić information content (AvgIpc) is 3.11. The van der Waals surface area contributed by atoms with E-state index in [0.29, 0.717) is 19.0 Å². The Morgan fingerprint density at radius 3 is 2.84 bits per heavy atom. The highest BCUT2D eigenvalue weighted by Gasteiger charge is 2.34. The fraction of sp³-hybridized carbons (Fsp3) is 0.579. The lowest BCUT2D eigenvalue weighted by molar-refractivity contribution is 0.170. The quantitative estimate of drug-likeness (QED) is 0.904. The number of rotatable bonds is 5. The van der Waals surface area contributed by atoms with Gasteiger partial charge in [0.1, 0.15) is 17.4 Å². The second-order valence-corrected chi connectivity index (χ2v) is 7.27. The molecule has 1 saturated carbocycles. The first-order valence-corrected chi connectivity index (χ1v) is 9.10. The maximum atomic E-state index is 10.2. The van der Waals surface area contributed by atoms with E-state index in [-0.39, 0.29) is 12.1 Å². The Morgan fingerprint density at radius 1 is 1.28 bits per heavy atom. The van der Waals surface area contributed by atoms with Crippen LogP contribution >= 0.6 is 0 Å². The molecule has 2 heterocycles. The molecule has 0 spiro atoms. The first-order valence-electron chi connectivity index (χ1n) is 9.10. The number of hydrogen-bond donors (Lipinski definition) is 1. The maximum absolute atomic E-state index is 10.2. The van der Waals surface area contributed by atoms with Gasteiger partial charge in [-0.25, -0.2) is 0 Å². The molecule has 25 heavy (non-hydrogen) atoms. The van der Waals surface area contributed by atoms with Crippen LogP contribution in [0.3, 0.4) is 0 Å². The Morgan fingerprint density at radius 2 is 2.12 bits per heavy atom. The van der Waals surface area contributed by atoms with Crippen LogP contribution in [-0.4, -0.2) is 44.5 Å². The fourth-order valence-electron chi connectivity index (χ4n) is 3.97. The first kappa shape index (κ1) is 16.5. The summed E-state index contributed by atoms with van der Waals surface area (Å²) >= 11 is 0. The summed E-state index contributed by atoms with van der Waals surface area (Å²) in [7, 11) is 3.75. The summed E-state index contributed by atoms with van der Waals surface area (Å²) in [5.41, 5.74) is 1.18. The van der Waals surface area contributed by atoms with Crippen LogP contribution < -0.4 is 4.74 Å². The van der Waals surface area contributed by atoms with E-state index in [9.17, 15) is 5.11 Å². The SMILES string of the molecule is COc1cccc(C2CC(O)CN2Cc2nnc(C3CCC3)n2C)c1. The number of methoxy groups -OCH3 is 1. The van der Waals surface area contributed by atoms with Crippen LogP contribution in [0.1, 0.15) is 54.9 Å². The highest BCUT2D eigenvalue weighted by atomic mass is 16.5. The molecule has 2 aromatic rings. The van der Waals surface area contributed by atoms with Crippen LogP contribution in [0, 0.1) is 0 Å². The Kier molecular flexibility index (Phi) is 4.48. The molecule has 1 aliphatic heterocycles. The molecule has 6 nitrogen and oxygen atoms in total. The lowest BCUT2D eigenvalue weighted by Crippen LogP contribution is -2.26. The smallest absolute Gasteiger partial charge is 0.146 e. The van der Waals surface area contributed by atoms with E-state index in [1.807, 2.05) is 12.1 Å². The lowest BCUT2D eigenvalue weighted by Gasteiger charge is -2.26. The average molecular weight is 342 g/mol. The second kappa shape index (κ2) is 6.77. The lowest BCUT2D eigenvalue weighted by atomic mass is 9.85. The second-order valence-electron chi connectivity index (χ2n) is 7.27. The number of likely N-dealkylation sites (tertiary alicyclic amines) is 1. The number of aliphatic hydroxyl groups excluding tert-OH is 1. The minimum absolute atomic E-state index is 0.175. The summed E-state index contributed by atoms with van der Waals surface area (Å²) in [6.07, 6.45) is 4.17. The van der Waals surface area contributed by atoms with E-state index in [2.05, 4.69) is 38.8 Å². The van der Waals surface area contributed by atoms with Crippen molar-refractivity contribution in [1.82, 2.24) is 19.7 Å². The van der Waals surface area contributed by atoms with Gasteiger partial charge in [0, 0.05) is 25.6 Å². The third-order valence-corrected chi connectivity index (χ3v) is 5.67. The summed E-state index contributed by atoms with van der Waals surface area (Å²) < 4.78 is 7.50. The molecule has 2 aliphatic rings. The first-order chi connectivity index (χ1) is 12.2. The van der Waals surface area contributed by atoms with Gasteiger partial charge in [-0.05, 0) is 37.0 Å². The number of ether oxygens (including phenoxy) is 1. The van der Waals surface area contributed by atoms with Gasteiger partial charge in [-0.1, -0.05) is 18.6 Å². The third-order valence-electron chi connectivity index (χ3n) is 5.67. The predicted octanol–water partition coefficient (Wildman–Crippen LogP) is 2.40. The molecule has 1 saturated heterocycles. The van der Waals surface area contributed by atoms with Crippen molar-refractivity contribution in [2.45, 2.75) is 50.3 Å². The van der Waals surface area contributed by atoms with Crippen molar-refractivity contribution in [1.29, 1.82) is 0 Å². The number of aromatic nitrogens is 3. The molecule has 134 valence electrons. The Bertz CT molecular complexity index is 741. The van der Waals surface area contributed by atoms with Gasteiger partial charge >= 0.3 is 0 Å². The largest absolute Gasteiger partial charge is 0.497 e. The van der Waals surface area contributed by atoms with Crippen LogP contribution in [0.5, 0.6) is 5.75 Å². The Hall–Kier alpha value is -1.92. The molecule has 2 unspecified atom stereocenters. The predicted molar refractivity (Wildman–Crippen MR) is 94.4 cm³/mol. The highest BCUT2D eigenvalue weighted by molar-refractivity contribution is 5.31. The van der Waals surface area contributed by atoms with Gasteiger partial charge in [0.25, 0.3) is 0 Å². The summed E-state index contributed by atoms with van der Waals surface area (Å²) in [6, 6.07) is 8.30. The van der Waals surface area contributed by atoms with Crippen LogP contribution in [0.15, 0.2) is 24.3 Å². The van der Waals surface area contributed by atoms with Crippen molar-refractivity contribution < 1.29 is 9.84 Å². The molecule has 0 radical (unpaired) electrons. The zero-order valence-electron chi connectivity index (χ0n) is 14.9. The summed E-state index contributed by atoms with van der Waals surface area (Å²) in [5.74, 6) is 3.51. The normalized spacial score (nSPS) is 24.4. The maximum Gasteiger partial charge on any atom is 0.146 e. The topological polar surface area (TPSA) is 63.4 Å². The zero-order valence-corrected chi connectivity index (χ0v) is 14.9. The standard InChI is InChI=1S/C19H26N4O2/c1-22-18(20-21-19(22)13-5-3-6-13)12-23-11-15(24)10-17(23)14-7-4-8-16(9-14)25-2/h4,7-9,13,15,17,24H,3,5-6,10-12H2,1-2H3. The number of benzene rings is 1. The van der Waals surface area contributed by atoms with Crippen molar-refractivity contribution >= 4 is 0 Å².